The van der Waals surface area contributed by atoms with Crippen molar-refractivity contribution in [3.05, 3.63) is 77.3 Å². The zero-order chi connectivity index (χ0) is 27.1. The smallest absolute Gasteiger partial charge is 0.399 e. The number of aliphatic hydroxyl groups excluding tert-OH is 1. The number of nitrogens with zero attached hydrogens (tertiary/aromatic N) is 4. The summed E-state index contributed by atoms with van der Waals surface area (Å²) >= 11 is 5.03. The van der Waals surface area contributed by atoms with Gasteiger partial charge in [-0.15, -0.1) is 10.2 Å². The molecule has 0 saturated carbocycles. The molecule has 1 aliphatic heterocycles. The Kier molecular flexibility index (Phi) is 6.45. The summed E-state index contributed by atoms with van der Waals surface area (Å²) in [7, 11) is 0. The van der Waals surface area contributed by atoms with E-state index in [9.17, 15) is 18.7 Å². The van der Waals surface area contributed by atoms with E-state index in [-0.39, 0.29) is 35.7 Å². The molecule has 196 valence electrons. The molecule has 0 saturated heterocycles. The van der Waals surface area contributed by atoms with E-state index in [0.717, 1.165) is 11.1 Å². The van der Waals surface area contributed by atoms with Crippen LogP contribution in [-0.4, -0.2) is 37.8 Å². The van der Waals surface area contributed by atoms with Gasteiger partial charge in [-0.1, -0.05) is 30.3 Å². The topological polar surface area (TPSA) is 138 Å². The molecule has 1 amide bonds. The van der Waals surface area contributed by atoms with Crippen LogP contribution in [0.1, 0.15) is 47.3 Å². The number of alkyl halides is 3. The highest BCUT2D eigenvalue weighted by Gasteiger charge is 2.36. The number of amides is 1. The zero-order valence-electron chi connectivity index (χ0n) is 20.2. The van der Waals surface area contributed by atoms with Gasteiger partial charge >= 0.3 is 11.3 Å². The van der Waals surface area contributed by atoms with Crippen molar-refractivity contribution in [3.8, 4) is 11.5 Å². The van der Waals surface area contributed by atoms with Crippen LogP contribution in [0.4, 0.5) is 26.2 Å². The predicted molar refractivity (Wildman–Crippen MR) is 135 cm³/mol. The van der Waals surface area contributed by atoms with Gasteiger partial charge in [0.15, 0.2) is 0 Å². The molecule has 13 heteroatoms. The molecule has 1 aliphatic rings. The lowest BCUT2D eigenvalue weighted by Crippen LogP contribution is -2.32. The average Bonchev–Trinajstić information content (AvgIpc) is 3.46. The van der Waals surface area contributed by atoms with E-state index in [2.05, 4.69) is 36.1 Å². The number of rotatable bonds is 8. The van der Waals surface area contributed by atoms with Crippen molar-refractivity contribution in [2.45, 2.75) is 30.8 Å². The van der Waals surface area contributed by atoms with E-state index in [1.165, 1.54) is 6.20 Å². The lowest BCUT2D eigenvalue weighted by Gasteiger charge is -2.20. The van der Waals surface area contributed by atoms with Gasteiger partial charge in [-0.25, -0.2) is 4.98 Å². The maximum Gasteiger partial charge on any atom is 0.399 e. The largest absolute Gasteiger partial charge is 0.414 e. The maximum absolute atomic E-state index is 13.5. The van der Waals surface area contributed by atoms with E-state index in [0.29, 0.717) is 11.3 Å². The lowest BCUT2D eigenvalue weighted by atomic mass is 9.94. The molecule has 4 aromatic rings. The second-order valence-electron chi connectivity index (χ2n) is 9.12. The predicted octanol–water partition coefficient (Wildman–Crippen LogP) is 4.68. The monoisotopic (exact) mass is 541 g/mol. The maximum atomic E-state index is 13.5. The molecule has 10 nitrogen and oxygen atoms in total. The van der Waals surface area contributed by atoms with Crippen LogP contribution in [0.15, 0.2) is 59.1 Å². The Balaban J connectivity index is 1.52. The van der Waals surface area contributed by atoms with Crippen molar-refractivity contribution in [2.24, 2.45) is 0 Å². The Labute approximate surface area is 220 Å². The summed E-state index contributed by atoms with van der Waals surface area (Å²) in [4.78, 5) is 21.0. The second-order valence-corrected chi connectivity index (χ2v) is 9.60. The molecule has 2 aromatic carbocycles. The number of hydrogen-bond acceptors (Lipinski definition) is 9. The molecular weight excluding hydrogens is 520 g/mol. The van der Waals surface area contributed by atoms with Crippen LogP contribution in [-0.2, 0) is 10.9 Å². The van der Waals surface area contributed by atoms with Crippen LogP contribution < -0.4 is 16.0 Å². The third-order valence-electron chi connectivity index (χ3n) is 6.00. The fraction of sp³-hybridized carbons (Fsp3) is 0.240. The molecule has 2 aromatic heterocycles. The molecule has 0 aliphatic carbocycles. The minimum absolute atomic E-state index is 0.120. The van der Waals surface area contributed by atoms with Crippen molar-refractivity contribution in [3.63, 3.8) is 0 Å². The Bertz CT molecular complexity index is 1490. The summed E-state index contributed by atoms with van der Waals surface area (Å²) in [5, 5.41) is 22.3. The number of carbonyl (C=O) groups excluding carboxylic acids is 1. The molecule has 5 rings (SSSR count). The van der Waals surface area contributed by atoms with Crippen molar-refractivity contribution in [1.29, 1.82) is 0 Å². The molecular formula is C25H22ClF2N7O3. The fourth-order valence-corrected chi connectivity index (χ4v) is 4.20. The highest BCUT2D eigenvalue weighted by atomic mass is 35.5. The zero-order valence-corrected chi connectivity index (χ0v) is 20.9. The minimum Gasteiger partial charge on any atom is -0.414 e. The van der Waals surface area contributed by atoms with Crippen molar-refractivity contribution in [1.82, 2.24) is 25.5 Å². The van der Waals surface area contributed by atoms with E-state index >= 15 is 0 Å². The number of carbonyl (C=O) groups is 1. The third-order valence-corrected chi connectivity index (χ3v) is 6.16. The Morgan fingerprint density at radius 2 is 1.92 bits per heavy atom. The van der Waals surface area contributed by atoms with E-state index in [1.807, 2.05) is 50.2 Å². The van der Waals surface area contributed by atoms with Gasteiger partial charge in [0, 0.05) is 17.4 Å². The number of fused-ring (bicyclic) bond motifs is 1. The van der Waals surface area contributed by atoms with E-state index in [4.69, 9.17) is 16.0 Å². The average molecular weight is 542 g/mol. The van der Waals surface area contributed by atoms with Crippen LogP contribution >= 0.6 is 11.6 Å². The molecule has 0 fully saturated rings. The quantitative estimate of drug-likeness (QED) is 0.234. The van der Waals surface area contributed by atoms with E-state index < -0.39 is 22.9 Å². The number of benzene rings is 2. The SMILES string of the molecule is CC1(C)NC(=O)c2ccc(Nc3ncc(-c4nnc(C(F)(F)Cl)o4)c(N[C@H](CO)c4ccccc4)n3)cc21. The standard InChI is InChI=1S/C25H22ClF2N7O3/c1-24(2)17-10-14(8-9-15(17)20(37)33-24)30-23-29-11-16(21-34-35-22(38-21)25(26,27)28)19(32-23)31-18(12-36)13-6-4-3-5-7-13/h3-11,18,36H,12H2,1-2H3,(H,33,37)(H2,29,30,31,32)/t18-/m1/s1. The van der Waals surface area contributed by atoms with Gasteiger partial charge in [-0.3, -0.25) is 4.79 Å². The summed E-state index contributed by atoms with van der Waals surface area (Å²) in [5.41, 5.74) is 2.34. The van der Waals surface area contributed by atoms with Gasteiger partial charge < -0.3 is 25.5 Å². The van der Waals surface area contributed by atoms with Crippen LogP contribution in [0.5, 0.6) is 0 Å². The third kappa shape index (κ3) is 5.00. The summed E-state index contributed by atoms with van der Waals surface area (Å²) in [6.07, 6.45) is 1.32. The van der Waals surface area contributed by atoms with Crippen LogP contribution in [0.2, 0.25) is 0 Å². The Morgan fingerprint density at radius 1 is 1.16 bits per heavy atom. The molecule has 0 radical (unpaired) electrons. The summed E-state index contributed by atoms with van der Waals surface area (Å²) in [6.45, 7) is 3.50. The first-order valence-electron chi connectivity index (χ1n) is 11.5. The number of aromatic nitrogens is 4. The minimum atomic E-state index is -3.85. The first-order chi connectivity index (χ1) is 18.0. The number of aliphatic hydroxyl groups is 1. The van der Waals surface area contributed by atoms with Gasteiger partial charge in [0.25, 0.3) is 11.8 Å². The Morgan fingerprint density at radius 3 is 2.61 bits per heavy atom. The number of anilines is 3. The normalized spacial score (nSPS) is 15.1. The summed E-state index contributed by atoms with van der Waals surface area (Å²) in [5.74, 6) is -1.23. The molecule has 1 atom stereocenters. The number of hydrogen-bond donors (Lipinski definition) is 4. The first kappa shape index (κ1) is 25.5. The number of halogens is 3. The highest BCUT2D eigenvalue weighted by molar-refractivity contribution is 6.21. The summed E-state index contributed by atoms with van der Waals surface area (Å²) < 4.78 is 32.1. The van der Waals surface area contributed by atoms with Crippen molar-refractivity contribution >= 4 is 35.0 Å². The molecule has 0 unspecified atom stereocenters. The molecule has 38 heavy (non-hydrogen) atoms. The van der Waals surface area contributed by atoms with Crippen LogP contribution in [0.25, 0.3) is 11.5 Å². The Hall–Kier alpha value is -4.16. The highest BCUT2D eigenvalue weighted by Crippen LogP contribution is 2.36. The van der Waals surface area contributed by atoms with Gasteiger partial charge in [-0.05, 0) is 54.8 Å². The first-order valence-corrected chi connectivity index (χ1v) is 11.9. The van der Waals surface area contributed by atoms with Gasteiger partial charge in [0.2, 0.25) is 5.95 Å². The molecule has 4 N–H and O–H groups in total. The van der Waals surface area contributed by atoms with Gasteiger partial charge in [0.1, 0.15) is 5.82 Å². The second kappa shape index (κ2) is 9.62. The molecule has 3 heterocycles. The van der Waals surface area contributed by atoms with E-state index in [1.54, 1.807) is 12.1 Å². The van der Waals surface area contributed by atoms with Crippen LogP contribution in [0.3, 0.4) is 0 Å². The van der Waals surface area contributed by atoms with Crippen molar-refractivity contribution in [2.75, 3.05) is 17.2 Å². The molecule has 0 spiro atoms. The van der Waals surface area contributed by atoms with Crippen LogP contribution in [0, 0.1) is 0 Å². The van der Waals surface area contributed by atoms with Gasteiger partial charge in [-0.2, -0.15) is 13.8 Å². The fourth-order valence-electron chi connectivity index (χ4n) is 4.12. The molecule has 0 bridgehead atoms. The van der Waals surface area contributed by atoms with Gasteiger partial charge in [0.05, 0.1) is 23.8 Å². The van der Waals surface area contributed by atoms with Crippen molar-refractivity contribution < 1.29 is 23.1 Å². The summed E-state index contributed by atoms with van der Waals surface area (Å²) in [6, 6.07) is 13.7. The number of nitrogens with one attached hydrogen (secondary N) is 3. The lowest BCUT2D eigenvalue weighted by molar-refractivity contribution is 0.0626.